The molecule has 0 aromatic heterocycles. The molecule has 4 heterocycles. The van der Waals surface area contributed by atoms with Gasteiger partial charge in [-0.1, -0.05) is 6.07 Å². The molecule has 0 aliphatic carbocycles. The van der Waals surface area contributed by atoms with Crippen LogP contribution in [0.15, 0.2) is 36.4 Å². The minimum atomic E-state index is -1.33. The number of amides is 3. The fraction of sp³-hybridized carbons (Fsp3) is 0.375. The molecular formula is C24H22N4O6. The summed E-state index contributed by atoms with van der Waals surface area (Å²) >= 11 is 0. The molecule has 3 saturated heterocycles. The van der Waals surface area contributed by atoms with Crippen LogP contribution in [-0.4, -0.2) is 47.2 Å². The predicted molar refractivity (Wildman–Crippen MR) is 120 cm³/mol. The Balaban J connectivity index is 1.55. The van der Waals surface area contributed by atoms with Gasteiger partial charge in [-0.3, -0.25) is 29.4 Å². The lowest BCUT2D eigenvalue weighted by Crippen LogP contribution is -2.54. The highest BCUT2D eigenvalue weighted by molar-refractivity contribution is 6.26. The minimum absolute atomic E-state index is 0.197. The van der Waals surface area contributed by atoms with Gasteiger partial charge in [-0.05, 0) is 50.1 Å². The van der Waals surface area contributed by atoms with Crippen molar-refractivity contribution in [2.75, 3.05) is 23.9 Å². The molecule has 4 aliphatic rings. The number of rotatable bonds is 3. The van der Waals surface area contributed by atoms with Crippen LogP contribution in [0.5, 0.6) is 5.75 Å². The summed E-state index contributed by atoms with van der Waals surface area (Å²) in [4.78, 5) is 55.4. The molecule has 2 aromatic carbocycles. The van der Waals surface area contributed by atoms with E-state index >= 15 is 0 Å². The first-order valence-electron chi connectivity index (χ1n) is 11.2. The summed E-state index contributed by atoms with van der Waals surface area (Å²) in [5.74, 6) is -2.32. The second-order valence-electron chi connectivity index (χ2n) is 9.28. The Bertz CT molecular complexity index is 1310. The highest BCUT2D eigenvalue weighted by Crippen LogP contribution is 2.61. The molecule has 34 heavy (non-hydrogen) atoms. The minimum Gasteiger partial charge on any atom is -0.497 e. The number of imide groups is 1. The Morgan fingerprint density at radius 3 is 2.68 bits per heavy atom. The van der Waals surface area contributed by atoms with Gasteiger partial charge in [-0.2, -0.15) is 0 Å². The molecule has 10 heteroatoms. The third kappa shape index (κ3) is 2.35. The molecule has 0 radical (unpaired) electrons. The molecule has 3 fully saturated rings. The van der Waals surface area contributed by atoms with Gasteiger partial charge >= 0.3 is 0 Å². The largest absolute Gasteiger partial charge is 0.497 e. The van der Waals surface area contributed by atoms with Crippen LogP contribution in [0, 0.1) is 28.9 Å². The van der Waals surface area contributed by atoms with Crippen LogP contribution in [-0.2, 0) is 19.9 Å². The van der Waals surface area contributed by atoms with Crippen molar-refractivity contribution in [3.05, 3.63) is 57.6 Å². The van der Waals surface area contributed by atoms with E-state index in [4.69, 9.17) is 4.74 Å². The third-order valence-electron chi connectivity index (χ3n) is 7.84. The Labute approximate surface area is 194 Å². The van der Waals surface area contributed by atoms with Crippen LogP contribution in [0.4, 0.5) is 17.1 Å². The van der Waals surface area contributed by atoms with Gasteiger partial charge in [-0.25, -0.2) is 4.90 Å². The number of nitrogens with one attached hydrogen (secondary N) is 1. The Hall–Kier alpha value is -3.79. The zero-order chi connectivity index (χ0) is 23.9. The molecule has 174 valence electrons. The van der Waals surface area contributed by atoms with Crippen molar-refractivity contribution in [3.63, 3.8) is 0 Å². The van der Waals surface area contributed by atoms with Gasteiger partial charge in [0.25, 0.3) is 5.69 Å². The van der Waals surface area contributed by atoms with E-state index in [0.717, 1.165) is 11.3 Å². The lowest BCUT2D eigenvalue weighted by atomic mass is 9.75. The summed E-state index contributed by atoms with van der Waals surface area (Å²) in [6.07, 6.45) is 1.50. The molecule has 2 aromatic rings. The van der Waals surface area contributed by atoms with Gasteiger partial charge in [0.2, 0.25) is 17.7 Å². The Morgan fingerprint density at radius 1 is 1.15 bits per heavy atom. The molecule has 4 aliphatic heterocycles. The standard InChI is InChI=1S/C24H22N4O6/c1-12-5-6-13(28(32)33)10-18(12)27-21(29)19-17-4-3-9-26(17)24(20(19)22(27)30)15-11-14(34-2)7-8-16(15)25-23(24)31/h5-8,10-11,17,19-20H,3-4,9H2,1-2H3,(H,25,31)/t17-,19-,20-,24+/m0/s1. The number of benzene rings is 2. The Kier molecular flexibility index (Phi) is 4.20. The van der Waals surface area contributed by atoms with E-state index in [1.807, 2.05) is 4.90 Å². The third-order valence-corrected chi connectivity index (χ3v) is 7.84. The lowest BCUT2D eigenvalue weighted by molar-refractivity contribution is -0.384. The van der Waals surface area contributed by atoms with E-state index in [0.29, 0.717) is 35.5 Å². The summed E-state index contributed by atoms with van der Waals surface area (Å²) < 4.78 is 5.41. The van der Waals surface area contributed by atoms with Crippen molar-refractivity contribution in [1.29, 1.82) is 0 Å². The van der Waals surface area contributed by atoms with Crippen molar-refractivity contribution in [1.82, 2.24) is 4.90 Å². The van der Waals surface area contributed by atoms with Crippen LogP contribution in [0.1, 0.15) is 24.0 Å². The maximum Gasteiger partial charge on any atom is 0.271 e. The number of carbonyl (C=O) groups excluding carboxylic acids is 3. The number of carbonyl (C=O) groups is 3. The van der Waals surface area contributed by atoms with E-state index in [1.54, 1.807) is 25.1 Å². The quantitative estimate of drug-likeness (QED) is 0.422. The normalized spacial score (nSPS) is 29.4. The van der Waals surface area contributed by atoms with Crippen molar-refractivity contribution < 1.29 is 24.0 Å². The SMILES string of the molecule is COc1ccc2c(c1)[C@]1(C(=O)N2)[C@@H]2C(=O)N(c3cc([N+](=O)[O-])ccc3C)C(=O)[C@H]2[C@@H]2CCCN21. The molecule has 0 bridgehead atoms. The smallest absolute Gasteiger partial charge is 0.271 e. The fourth-order valence-electron chi connectivity index (χ4n) is 6.50. The van der Waals surface area contributed by atoms with E-state index in [-0.39, 0.29) is 23.3 Å². The van der Waals surface area contributed by atoms with Gasteiger partial charge in [0.05, 0.1) is 29.6 Å². The first-order valence-corrected chi connectivity index (χ1v) is 11.2. The van der Waals surface area contributed by atoms with Crippen molar-refractivity contribution in [2.24, 2.45) is 11.8 Å². The van der Waals surface area contributed by atoms with Gasteiger partial charge < -0.3 is 10.1 Å². The first-order chi connectivity index (χ1) is 16.3. The highest BCUT2D eigenvalue weighted by Gasteiger charge is 2.74. The number of hydrogen-bond acceptors (Lipinski definition) is 7. The number of nitro groups is 1. The molecule has 3 amide bonds. The van der Waals surface area contributed by atoms with E-state index in [2.05, 4.69) is 5.32 Å². The molecule has 1 spiro atoms. The maximum absolute atomic E-state index is 14.0. The molecule has 6 rings (SSSR count). The van der Waals surface area contributed by atoms with Crippen molar-refractivity contribution in [2.45, 2.75) is 31.3 Å². The highest BCUT2D eigenvalue weighted by atomic mass is 16.6. The predicted octanol–water partition coefficient (Wildman–Crippen LogP) is 2.34. The Morgan fingerprint density at radius 2 is 1.94 bits per heavy atom. The van der Waals surface area contributed by atoms with Gasteiger partial charge in [-0.15, -0.1) is 0 Å². The molecule has 4 atom stereocenters. The van der Waals surface area contributed by atoms with Crippen LogP contribution >= 0.6 is 0 Å². The number of anilines is 2. The molecule has 10 nitrogen and oxygen atoms in total. The van der Waals surface area contributed by atoms with Gasteiger partial charge in [0, 0.05) is 29.4 Å². The van der Waals surface area contributed by atoms with Crippen LogP contribution < -0.4 is 15.0 Å². The average Bonchev–Trinajstić information content (AvgIpc) is 3.52. The lowest BCUT2D eigenvalue weighted by Gasteiger charge is -2.36. The summed E-state index contributed by atoms with van der Waals surface area (Å²) in [5, 5.41) is 14.3. The van der Waals surface area contributed by atoms with E-state index < -0.39 is 34.1 Å². The summed E-state index contributed by atoms with van der Waals surface area (Å²) in [6, 6.07) is 9.13. The number of ether oxygens (including phenoxy) is 1. The molecule has 0 saturated carbocycles. The monoisotopic (exact) mass is 462 g/mol. The number of fused-ring (bicyclic) bond motifs is 7. The van der Waals surface area contributed by atoms with Crippen molar-refractivity contribution in [3.8, 4) is 5.75 Å². The fourth-order valence-corrected chi connectivity index (χ4v) is 6.50. The second kappa shape index (κ2) is 6.86. The van der Waals surface area contributed by atoms with Gasteiger partial charge in [0.1, 0.15) is 11.3 Å². The molecular weight excluding hydrogens is 440 g/mol. The van der Waals surface area contributed by atoms with Gasteiger partial charge in [0.15, 0.2) is 0 Å². The van der Waals surface area contributed by atoms with Crippen molar-refractivity contribution >= 4 is 34.8 Å². The summed E-state index contributed by atoms with van der Waals surface area (Å²) in [7, 11) is 1.53. The van der Waals surface area contributed by atoms with Crippen LogP contribution in [0.2, 0.25) is 0 Å². The number of aryl methyl sites for hydroxylation is 1. The number of nitrogens with zero attached hydrogens (tertiary/aromatic N) is 3. The number of hydrogen-bond donors (Lipinski definition) is 1. The van der Waals surface area contributed by atoms with Crippen LogP contribution in [0.3, 0.4) is 0 Å². The summed E-state index contributed by atoms with van der Waals surface area (Å²) in [6.45, 7) is 2.30. The second-order valence-corrected chi connectivity index (χ2v) is 9.28. The zero-order valence-electron chi connectivity index (χ0n) is 18.6. The zero-order valence-corrected chi connectivity index (χ0v) is 18.6. The van der Waals surface area contributed by atoms with Crippen LogP contribution in [0.25, 0.3) is 0 Å². The van der Waals surface area contributed by atoms with E-state index in [1.165, 1.54) is 25.3 Å². The number of nitro benzene ring substituents is 1. The number of non-ortho nitro benzene ring substituents is 1. The molecule has 1 N–H and O–H groups in total. The topological polar surface area (TPSA) is 122 Å². The molecule has 0 unspecified atom stereocenters. The average molecular weight is 462 g/mol. The first kappa shape index (κ1) is 20.8. The number of methoxy groups -OCH3 is 1. The summed E-state index contributed by atoms with van der Waals surface area (Å²) in [5.41, 5.74) is 0.470. The maximum atomic E-state index is 14.0. The van der Waals surface area contributed by atoms with E-state index in [9.17, 15) is 24.5 Å².